The lowest BCUT2D eigenvalue weighted by Crippen LogP contribution is -1.86. The first-order chi connectivity index (χ1) is 8.83. The van der Waals surface area contributed by atoms with Gasteiger partial charge in [-0.2, -0.15) is 0 Å². The topological polar surface area (TPSA) is 54.5 Å². The first-order valence-electron chi connectivity index (χ1n) is 5.41. The minimum Gasteiger partial charge on any atom is -0.341 e. The molecule has 2 aromatic heterocycles. The van der Waals surface area contributed by atoms with Gasteiger partial charge in [-0.15, -0.1) is 0 Å². The Morgan fingerprint density at radius 1 is 1.00 bits per heavy atom. The van der Waals surface area contributed by atoms with Crippen LogP contribution in [0.5, 0.6) is 0 Å². The van der Waals surface area contributed by atoms with Crippen molar-refractivity contribution in [3.8, 4) is 0 Å². The maximum absolute atomic E-state index is 12.8. The van der Waals surface area contributed by atoms with Crippen molar-refractivity contribution in [3.63, 3.8) is 0 Å². The standard InChI is InChI=1S/C13H9FN4/c14-10-4-1-9(2-5-10)3-6-11-12-13(17-7-15-11)18-8-16-12/h1-8H,(H,15,16,17,18). The van der Waals surface area contributed by atoms with E-state index in [0.717, 1.165) is 16.8 Å². The number of rotatable bonds is 2. The van der Waals surface area contributed by atoms with E-state index in [9.17, 15) is 4.39 Å². The van der Waals surface area contributed by atoms with Crippen molar-refractivity contribution in [2.75, 3.05) is 0 Å². The predicted molar refractivity (Wildman–Crippen MR) is 67.0 cm³/mol. The third-order valence-corrected chi connectivity index (χ3v) is 2.56. The van der Waals surface area contributed by atoms with E-state index in [0.29, 0.717) is 5.65 Å². The van der Waals surface area contributed by atoms with Gasteiger partial charge >= 0.3 is 0 Å². The Hall–Kier alpha value is -2.56. The van der Waals surface area contributed by atoms with Gasteiger partial charge in [-0.1, -0.05) is 18.2 Å². The Balaban J connectivity index is 1.96. The van der Waals surface area contributed by atoms with Gasteiger partial charge in [0.2, 0.25) is 0 Å². The number of hydrogen-bond donors (Lipinski definition) is 1. The monoisotopic (exact) mass is 240 g/mol. The van der Waals surface area contributed by atoms with E-state index >= 15 is 0 Å². The first-order valence-corrected chi connectivity index (χ1v) is 5.41. The molecule has 0 spiro atoms. The average Bonchev–Trinajstić information content (AvgIpc) is 2.87. The van der Waals surface area contributed by atoms with Crippen molar-refractivity contribution in [1.29, 1.82) is 0 Å². The molecule has 0 unspecified atom stereocenters. The van der Waals surface area contributed by atoms with Crippen LogP contribution in [0.15, 0.2) is 36.9 Å². The molecule has 0 bridgehead atoms. The van der Waals surface area contributed by atoms with Crippen molar-refractivity contribution in [3.05, 3.63) is 54.0 Å². The van der Waals surface area contributed by atoms with Crippen LogP contribution in [0.2, 0.25) is 0 Å². The Bertz CT molecular complexity index is 700. The molecule has 0 aliphatic rings. The summed E-state index contributed by atoms with van der Waals surface area (Å²) < 4.78 is 12.8. The van der Waals surface area contributed by atoms with Crippen molar-refractivity contribution in [2.24, 2.45) is 0 Å². The summed E-state index contributed by atoms with van der Waals surface area (Å²) >= 11 is 0. The fourth-order valence-corrected chi connectivity index (χ4v) is 1.66. The molecule has 3 aromatic rings. The Labute approximate surface area is 102 Å². The Morgan fingerprint density at radius 2 is 1.83 bits per heavy atom. The number of aromatic amines is 1. The van der Waals surface area contributed by atoms with E-state index in [4.69, 9.17) is 0 Å². The van der Waals surface area contributed by atoms with Gasteiger partial charge in [0.15, 0.2) is 5.65 Å². The van der Waals surface area contributed by atoms with Crippen LogP contribution in [0.3, 0.4) is 0 Å². The number of hydrogen-bond acceptors (Lipinski definition) is 3. The summed E-state index contributed by atoms with van der Waals surface area (Å²) in [5, 5.41) is 0. The number of aromatic nitrogens is 4. The second-order valence-electron chi connectivity index (χ2n) is 3.74. The van der Waals surface area contributed by atoms with E-state index in [1.54, 1.807) is 18.5 Å². The number of halogens is 1. The Morgan fingerprint density at radius 3 is 2.67 bits per heavy atom. The fourth-order valence-electron chi connectivity index (χ4n) is 1.66. The van der Waals surface area contributed by atoms with Crippen molar-refractivity contribution in [2.45, 2.75) is 0 Å². The molecule has 1 aromatic carbocycles. The van der Waals surface area contributed by atoms with Crippen LogP contribution in [0, 0.1) is 5.82 Å². The predicted octanol–water partition coefficient (Wildman–Crippen LogP) is 2.66. The molecule has 4 nitrogen and oxygen atoms in total. The summed E-state index contributed by atoms with van der Waals surface area (Å²) in [4.78, 5) is 15.2. The lowest BCUT2D eigenvalue weighted by atomic mass is 10.2. The highest BCUT2D eigenvalue weighted by Crippen LogP contribution is 2.13. The van der Waals surface area contributed by atoms with Crippen molar-refractivity contribution < 1.29 is 4.39 Å². The van der Waals surface area contributed by atoms with Gasteiger partial charge < -0.3 is 4.98 Å². The minimum atomic E-state index is -0.245. The smallest absolute Gasteiger partial charge is 0.181 e. The maximum atomic E-state index is 12.8. The van der Waals surface area contributed by atoms with Gasteiger partial charge in [0.25, 0.3) is 0 Å². The highest BCUT2D eigenvalue weighted by atomic mass is 19.1. The van der Waals surface area contributed by atoms with Crippen LogP contribution in [0.25, 0.3) is 23.3 Å². The highest BCUT2D eigenvalue weighted by Gasteiger charge is 2.01. The molecule has 1 N–H and O–H groups in total. The van der Waals surface area contributed by atoms with Crippen LogP contribution in [-0.2, 0) is 0 Å². The molecule has 5 heteroatoms. The SMILES string of the molecule is Fc1ccc(C=Cc2ncnc3nc[nH]c23)cc1. The number of nitrogens with one attached hydrogen (secondary N) is 1. The van der Waals surface area contributed by atoms with Gasteiger partial charge in [-0.25, -0.2) is 19.3 Å². The second kappa shape index (κ2) is 4.37. The summed E-state index contributed by atoms with van der Waals surface area (Å²) in [7, 11) is 0. The largest absolute Gasteiger partial charge is 0.341 e. The third kappa shape index (κ3) is 1.98. The minimum absolute atomic E-state index is 0.245. The first kappa shape index (κ1) is 10.6. The van der Waals surface area contributed by atoms with Gasteiger partial charge in [0.1, 0.15) is 17.7 Å². The lowest BCUT2D eigenvalue weighted by molar-refractivity contribution is 0.628. The molecule has 0 aliphatic carbocycles. The zero-order valence-corrected chi connectivity index (χ0v) is 9.34. The summed E-state index contributed by atoms with van der Waals surface area (Å²) in [6.07, 6.45) is 6.75. The number of H-pyrrole nitrogens is 1. The second-order valence-corrected chi connectivity index (χ2v) is 3.74. The van der Waals surface area contributed by atoms with Crippen LogP contribution in [-0.4, -0.2) is 19.9 Å². The molecule has 0 aliphatic heterocycles. The summed E-state index contributed by atoms with van der Waals surface area (Å²) in [5.74, 6) is -0.245. The molecule has 18 heavy (non-hydrogen) atoms. The van der Waals surface area contributed by atoms with Crippen LogP contribution < -0.4 is 0 Å². The molecule has 0 radical (unpaired) electrons. The van der Waals surface area contributed by atoms with Gasteiger partial charge in [0, 0.05) is 0 Å². The summed E-state index contributed by atoms with van der Waals surface area (Å²) in [5.41, 5.74) is 3.07. The number of nitrogens with zero attached hydrogens (tertiary/aromatic N) is 3. The molecule has 0 saturated carbocycles. The molecule has 0 saturated heterocycles. The van der Waals surface area contributed by atoms with Gasteiger partial charge in [-0.05, 0) is 23.8 Å². The molecule has 0 amide bonds. The van der Waals surface area contributed by atoms with E-state index in [1.807, 2.05) is 12.2 Å². The van der Waals surface area contributed by atoms with E-state index in [1.165, 1.54) is 18.5 Å². The zero-order valence-electron chi connectivity index (χ0n) is 9.34. The summed E-state index contributed by atoms with van der Waals surface area (Å²) in [6.45, 7) is 0. The normalized spacial score (nSPS) is 11.4. The zero-order chi connectivity index (χ0) is 12.4. The van der Waals surface area contributed by atoms with Crippen molar-refractivity contribution in [1.82, 2.24) is 19.9 Å². The lowest BCUT2D eigenvalue weighted by Gasteiger charge is -1.95. The summed E-state index contributed by atoms with van der Waals surface area (Å²) in [6, 6.07) is 6.26. The maximum Gasteiger partial charge on any atom is 0.181 e. The quantitative estimate of drug-likeness (QED) is 0.749. The van der Waals surface area contributed by atoms with E-state index in [-0.39, 0.29) is 5.82 Å². The van der Waals surface area contributed by atoms with Crippen LogP contribution >= 0.6 is 0 Å². The molecule has 0 atom stereocenters. The van der Waals surface area contributed by atoms with Gasteiger partial charge in [-0.3, -0.25) is 0 Å². The molecular weight excluding hydrogens is 231 g/mol. The Kier molecular flexibility index (Phi) is 2.57. The number of benzene rings is 1. The number of fused-ring (bicyclic) bond motifs is 1. The number of imidazole rings is 1. The van der Waals surface area contributed by atoms with E-state index in [2.05, 4.69) is 19.9 Å². The van der Waals surface area contributed by atoms with Gasteiger partial charge in [0.05, 0.1) is 12.0 Å². The molecule has 2 heterocycles. The third-order valence-electron chi connectivity index (χ3n) is 2.56. The molecule has 88 valence electrons. The van der Waals surface area contributed by atoms with Crippen LogP contribution in [0.4, 0.5) is 4.39 Å². The van der Waals surface area contributed by atoms with E-state index < -0.39 is 0 Å². The van der Waals surface area contributed by atoms with Crippen molar-refractivity contribution >= 4 is 23.3 Å². The molecule has 3 rings (SSSR count). The molecule has 0 fully saturated rings. The highest BCUT2D eigenvalue weighted by molar-refractivity contribution is 5.83. The molecular formula is C13H9FN4. The van der Waals surface area contributed by atoms with Crippen LogP contribution in [0.1, 0.15) is 11.3 Å². The fraction of sp³-hybridized carbons (Fsp3) is 0. The average molecular weight is 240 g/mol.